The molecule has 2 rings (SSSR count). The van der Waals surface area contributed by atoms with Gasteiger partial charge in [-0.05, 0) is 19.1 Å². The predicted octanol–water partition coefficient (Wildman–Crippen LogP) is 3.11. The highest BCUT2D eigenvalue weighted by atomic mass is 79.9. The van der Waals surface area contributed by atoms with Crippen molar-refractivity contribution in [2.24, 2.45) is 0 Å². The topological polar surface area (TPSA) is 42.4 Å². The van der Waals surface area contributed by atoms with E-state index in [0.717, 1.165) is 10.0 Å². The number of benzene rings is 1. The maximum atomic E-state index is 10.7. The molecule has 0 saturated heterocycles. The van der Waals surface area contributed by atoms with Gasteiger partial charge in [0.2, 0.25) is 0 Å². The summed E-state index contributed by atoms with van der Waals surface area (Å²) in [5, 5.41) is 10.7. The summed E-state index contributed by atoms with van der Waals surface area (Å²) in [6.45, 7) is 1.74. The smallest absolute Gasteiger partial charge is 0.137 e. The summed E-state index contributed by atoms with van der Waals surface area (Å²) in [6, 6.07) is 9.36. The number of methoxy groups -OCH3 is 1. The zero-order chi connectivity index (χ0) is 13.2. The van der Waals surface area contributed by atoms with Crippen LogP contribution in [-0.4, -0.2) is 17.2 Å². The summed E-state index contributed by atoms with van der Waals surface area (Å²) >= 11 is 3.45. The number of aliphatic hydroxyl groups is 1. The molecule has 0 radical (unpaired) electrons. The van der Waals surface area contributed by atoms with E-state index in [1.807, 2.05) is 24.3 Å². The van der Waals surface area contributed by atoms with Gasteiger partial charge in [-0.1, -0.05) is 34.1 Å². The number of rotatable bonds is 3. The van der Waals surface area contributed by atoms with Crippen molar-refractivity contribution < 1.29 is 9.84 Å². The Labute approximate surface area is 115 Å². The number of hydrogen-bond donors (Lipinski definition) is 1. The average molecular weight is 308 g/mol. The van der Waals surface area contributed by atoms with Gasteiger partial charge in [0.05, 0.1) is 13.3 Å². The summed E-state index contributed by atoms with van der Waals surface area (Å²) in [4.78, 5) is 4.08. The third kappa shape index (κ3) is 2.40. The van der Waals surface area contributed by atoms with E-state index in [4.69, 9.17) is 4.74 Å². The van der Waals surface area contributed by atoms with Crippen LogP contribution in [0.5, 0.6) is 5.75 Å². The van der Waals surface area contributed by atoms with E-state index in [9.17, 15) is 5.11 Å². The van der Waals surface area contributed by atoms with E-state index >= 15 is 0 Å². The van der Waals surface area contributed by atoms with Crippen molar-refractivity contribution in [1.82, 2.24) is 4.98 Å². The fourth-order valence-corrected chi connectivity index (χ4v) is 2.48. The molecule has 0 aliphatic carbocycles. The quantitative estimate of drug-likeness (QED) is 0.947. The molecule has 0 spiro atoms. The highest BCUT2D eigenvalue weighted by Gasteiger charge is 2.28. The van der Waals surface area contributed by atoms with Gasteiger partial charge in [0.1, 0.15) is 11.4 Å². The highest BCUT2D eigenvalue weighted by Crippen LogP contribution is 2.34. The lowest BCUT2D eigenvalue weighted by molar-refractivity contribution is 0.101. The molecule has 0 aliphatic heterocycles. The van der Waals surface area contributed by atoms with Gasteiger partial charge >= 0.3 is 0 Å². The first-order valence-electron chi connectivity index (χ1n) is 5.52. The maximum Gasteiger partial charge on any atom is 0.137 e. The molecular formula is C14H14BrNO2. The first-order chi connectivity index (χ1) is 8.55. The monoisotopic (exact) mass is 307 g/mol. The Bertz CT molecular complexity index is 555. The van der Waals surface area contributed by atoms with Crippen LogP contribution in [-0.2, 0) is 5.60 Å². The summed E-state index contributed by atoms with van der Waals surface area (Å²) < 4.78 is 5.99. The van der Waals surface area contributed by atoms with Gasteiger partial charge in [-0.3, -0.25) is 4.98 Å². The molecule has 4 heteroatoms. The minimum absolute atomic E-state index is 0.625. The van der Waals surface area contributed by atoms with Gasteiger partial charge in [-0.15, -0.1) is 0 Å². The minimum atomic E-state index is -1.12. The van der Waals surface area contributed by atoms with Crippen LogP contribution in [0.1, 0.15) is 18.1 Å². The van der Waals surface area contributed by atoms with Crippen LogP contribution in [0.3, 0.4) is 0 Å². The first kappa shape index (κ1) is 13.1. The Balaban J connectivity index is 2.50. The van der Waals surface area contributed by atoms with Crippen LogP contribution in [0.15, 0.2) is 47.2 Å². The average Bonchev–Trinajstić information content (AvgIpc) is 2.39. The van der Waals surface area contributed by atoms with Gasteiger partial charge in [0, 0.05) is 21.8 Å². The molecule has 0 amide bonds. The van der Waals surface area contributed by atoms with Crippen LogP contribution in [0.2, 0.25) is 0 Å². The van der Waals surface area contributed by atoms with Crippen LogP contribution >= 0.6 is 15.9 Å². The lowest BCUT2D eigenvalue weighted by atomic mass is 9.89. The first-order valence-corrected chi connectivity index (χ1v) is 6.32. The van der Waals surface area contributed by atoms with Gasteiger partial charge in [0.25, 0.3) is 0 Å². The fourth-order valence-electron chi connectivity index (χ4n) is 1.81. The van der Waals surface area contributed by atoms with Gasteiger partial charge in [-0.2, -0.15) is 0 Å². The van der Waals surface area contributed by atoms with E-state index in [1.54, 1.807) is 32.5 Å². The van der Waals surface area contributed by atoms with E-state index in [1.165, 1.54) is 0 Å². The minimum Gasteiger partial charge on any atom is -0.495 e. The third-order valence-corrected chi connectivity index (χ3v) is 3.60. The number of halogens is 1. The van der Waals surface area contributed by atoms with Crippen LogP contribution in [0.4, 0.5) is 0 Å². The molecule has 0 saturated carbocycles. The molecule has 0 fully saturated rings. The summed E-state index contributed by atoms with van der Waals surface area (Å²) in [7, 11) is 1.58. The Kier molecular flexibility index (Phi) is 3.68. The normalized spacial score (nSPS) is 14.0. The molecule has 1 heterocycles. The Hall–Kier alpha value is -1.39. The van der Waals surface area contributed by atoms with Gasteiger partial charge < -0.3 is 9.84 Å². The highest BCUT2D eigenvalue weighted by molar-refractivity contribution is 9.10. The molecule has 94 valence electrons. The largest absolute Gasteiger partial charge is 0.495 e. The van der Waals surface area contributed by atoms with E-state index < -0.39 is 5.60 Å². The summed E-state index contributed by atoms with van der Waals surface area (Å²) in [5.41, 5.74) is 0.357. The zero-order valence-corrected chi connectivity index (χ0v) is 11.8. The predicted molar refractivity (Wildman–Crippen MR) is 73.6 cm³/mol. The van der Waals surface area contributed by atoms with Gasteiger partial charge in [0.15, 0.2) is 0 Å². The van der Waals surface area contributed by atoms with Crippen molar-refractivity contribution in [2.75, 3.05) is 7.11 Å². The van der Waals surface area contributed by atoms with Crippen molar-refractivity contribution in [3.05, 3.63) is 58.3 Å². The zero-order valence-electron chi connectivity index (χ0n) is 10.2. The molecular weight excluding hydrogens is 294 g/mol. The molecule has 3 nitrogen and oxygen atoms in total. The van der Waals surface area contributed by atoms with Crippen LogP contribution in [0.25, 0.3) is 0 Å². The number of hydrogen-bond acceptors (Lipinski definition) is 3. The molecule has 0 aliphatic rings. The van der Waals surface area contributed by atoms with E-state index in [0.29, 0.717) is 11.3 Å². The van der Waals surface area contributed by atoms with Crippen molar-refractivity contribution in [3.8, 4) is 5.75 Å². The molecule has 1 N–H and O–H groups in total. The van der Waals surface area contributed by atoms with Crippen molar-refractivity contribution in [2.45, 2.75) is 12.5 Å². The maximum absolute atomic E-state index is 10.7. The molecule has 0 bridgehead atoms. The Morgan fingerprint density at radius 3 is 2.67 bits per heavy atom. The number of pyridine rings is 1. The Morgan fingerprint density at radius 1 is 1.28 bits per heavy atom. The molecule has 1 unspecified atom stereocenters. The lowest BCUT2D eigenvalue weighted by Crippen LogP contribution is -2.23. The SMILES string of the molecule is COc1cncc(C(C)(O)c2ccccc2Br)c1. The summed E-state index contributed by atoms with van der Waals surface area (Å²) in [5.74, 6) is 0.625. The molecule has 1 aromatic heterocycles. The van der Waals surface area contributed by atoms with E-state index in [-0.39, 0.29) is 0 Å². The summed E-state index contributed by atoms with van der Waals surface area (Å²) in [6.07, 6.45) is 3.25. The molecule has 1 atom stereocenters. The number of ether oxygens (including phenoxy) is 1. The van der Waals surface area contributed by atoms with Crippen molar-refractivity contribution in [1.29, 1.82) is 0 Å². The van der Waals surface area contributed by atoms with Crippen LogP contribution < -0.4 is 4.74 Å². The standard InChI is InChI=1S/C14H14BrNO2/c1-14(17,12-5-3-4-6-13(12)15)10-7-11(18-2)9-16-8-10/h3-9,17H,1-2H3. The second-order valence-electron chi connectivity index (χ2n) is 4.17. The second kappa shape index (κ2) is 5.08. The number of aromatic nitrogens is 1. The Morgan fingerprint density at radius 2 is 2.00 bits per heavy atom. The molecule has 18 heavy (non-hydrogen) atoms. The lowest BCUT2D eigenvalue weighted by Gasteiger charge is -2.25. The fraction of sp³-hybridized carbons (Fsp3) is 0.214. The van der Waals surface area contributed by atoms with Gasteiger partial charge in [-0.25, -0.2) is 0 Å². The van der Waals surface area contributed by atoms with Crippen molar-refractivity contribution in [3.63, 3.8) is 0 Å². The number of nitrogens with zero attached hydrogens (tertiary/aromatic N) is 1. The van der Waals surface area contributed by atoms with Crippen LogP contribution in [0, 0.1) is 0 Å². The third-order valence-electron chi connectivity index (χ3n) is 2.91. The van der Waals surface area contributed by atoms with Crippen molar-refractivity contribution >= 4 is 15.9 Å². The second-order valence-corrected chi connectivity index (χ2v) is 5.02. The molecule has 2 aromatic rings. The van der Waals surface area contributed by atoms with E-state index in [2.05, 4.69) is 20.9 Å². The molecule has 1 aromatic carbocycles.